The first kappa shape index (κ1) is 47.3. The average Bonchev–Trinajstić information content (AvgIpc) is 3.75. The zero-order valence-corrected chi connectivity index (χ0v) is 35.3. The van der Waals surface area contributed by atoms with Crippen LogP contribution in [0.5, 0.6) is 0 Å². The highest BCUT2D eigenvalue weighted by molar-refractivity contribution is 6.06. The van der Waals surface area contributed by atoms with E-state index in [0.29, 0.717) is 71.8 Å². The minimum Gasteiger partial charge on any atom is -0.427 e. The molecule has 0 saturated carbocycles. The van der Waals surface area contributed by atoms with Crippen LogP contribution >= 0.6 is 0 Å². The second kappa shape index (κ2) is 22.0. The molecule has 0 bridgehead atoms. The molecule has 0 aromatic heterocycles. The Kier molecular flexibility index (Phi) is 16.2. The van der Waals surface area contributed by atoms with Crippen LogP contribution in [0.15, 0.2) is 97.1 Å². The van der Waals surface area contributed by atoms with E-state index in [1.807, 2.05) is 30.3 Å². The van der Waals surface area contributed by atoms with Crippen LogP contribution < -0.4 is 10.6 Å². The number of amides is 5. The third kappa shape index (κ3) is 12.7. The molecule has 2 aliphatic rings. The lowest BCUT2D eigenvalue weighted by molar-refractivity contribution is -0.187. The lowest BCUT2D eigenvalue weighted by Crippen LogP contribution is -2.51. The molecule has 4 aromatic carbocycles. The van der Waals surface area contributed by atoms with Crippen LogP contribution in [0.3, 0.4) is 0 Å². The number of halogens is 4. The largest absolute Gasteiger partial charge is 0.427 e. The van der Waals surface area contributed by atoms with Gasteiger partial charge in [0.15, 0.2) is 0 Å². The van der Waals surface area contributed by atoms with E-state index in [1.54, 1.807) is 30.3 Å². The molecule has 1 saturated heterocycles. The summed E-state index contributed by atoms with van der Waals surface area (Å²) in [5.41, 5.74) is 2.53. The monoisotopic (exact) mass is 890 g/mol. The second-order valence-corrected chi connectivity index (χ2v) is 15.4. The first-order valence-electron chi connectivity index (χ1n) is 21.0. The Labute approximate surface area is 368 Å². The van der Waals surface area contributed by atoms with Gasteiger partial charge in [-0.05, 0) is 84.8 Å². The van der Waals surface area contributed by atoms with E-state index in [2.05, 4.69) is 22.8 Å². The number of aryl methyl sites for hydroxylation is 2. The first-order chi connectivity index (χ1) is 30.7. The van der Waals surface area contributed by atoms with Crippen molar-refractivity contribution >= 4 is 41.1 Å². The van der Waals surface area contributed by atoms with Gasteiger partial charge in [-0.15, -0.1) is 0 Å². The number of hydrogen-bond donors (Lipinski definition) is 2. The van der Waals surface area contributed by atoms with Crippen molar-refractivity contribution in [1.82, 2.24) is 9.80 Å². The number of ether oxygens (including phenoxy) is 4. The zero-order chi connectivity index (χ0) is 45.7. The van der Waals surface area contributed by atoms with Crippen molar-refractivity contribution in [2.45, 2.75) is 69.8 Å². The fourth-order valence-corrected chi connectivity index (χ4v) is 7.36. The number of hydrogen-bond acceptors (Lipinski definition) is 9. The molecule has 64 heavy (non-hydrogen) atoms. The maximum Gasteiger partial charge on any atom is 0.418 e. The molecule has 1 aliphatic heterocycles. The summed E-state index contributed by atoms with van der Waals surface area (Å²) in [6.45, 7) is 1.81. The number of carbonyl (C=O) groups excluding carboxylic acids is 5. The number of nitrogens with zero attached hydrogens (tertiary/aromatic N) is 2. The van der Waals surface area contributed by atoms with Gasteiger partial charge in [0.25, 0.3) is 5.91 Å². The molecule has 17 heteroatoms. The van der Waals surface area contributed by atoms with Crippen LogP contribution in [-0.4, -0.2) is 97.9 Å². The third-order valence-corrected chi connectivity index (χ3v) is 10.9. The van der Waals surface area contributed by atoms with Gasteiger partial charge in [-0.3, -0.25) is 19.2 Å². The van der Waals surface area contributed by atoms with Crippen molar-refractivity contribution in [1.29, 1.82) is 0 Å². The molecule has 1 heterocycles. The highest BCUT2D eigenvalue weighted by atomic mass is 19.4. The average molecular weight is 891 g/mol. The van der Waals surface area contributed by atoms with Gasteiger partial charge in [-0.25, -0.2) is 14.1 Å². The van der Waals surface area contributed by atoms with Gasteiger partial charge in [0, 0.05) is 36.3 Å². The zero-order valence-electron chi connectivity index (χ0n) is 35.3. The second-order valence-electron chi connectivity index (χ2n) is 15.4. The fourth-order valence-electron chi connectivity index (χ4n) is 7.36. The topological polar surface area (TPSA) is 153 Å². The lowest BCUT2D eigenvalue weighted by atomic mass is 9.94. The van der Waals surface area contributed by atoms with Gasteiger partial charge in [0.2, 0.25) is 23.3 Å². The third-order valence-electron chi connectivity index (χ3n) is 10.9. The van der Waals surface area contributed by atoms with Crippen molar-refractivity contribution < 1.29 is 60.5 Å². The molecule has 340 valence electrons. The van der Waals surface area contributed by atoms with Gasteiger partial charge >= 0.3 is 12.3 Å². The molecule has 6 rings (SSSR count). The molecule has 5 amide bonds. The van der Waals surface area contributed by atoms with E-state index in [4.69, 9.17) is 18.9 Å². The van der Waals surface area contributed by atoms with Crippen LogP contribution in [0.1, 0.15) is 54.0 Å². The Morgan fingerprint density at radius 1 is 0.750 bits per heavy atom. The predicted molar refractivity (Wildman–Crippen MR) is 226 cm³/mol. The van der Waals surface area contributed by atoms with Crippen molar-refractivity contribution in [2.24, 2.45) is 0 Å². The van der Waals surface area contributed by atoms with Crippen LogP contribution in [0.2, 0.25) is 0 Å². The van der Waals surface area contributed by atoms with Crippen LogP contribution in [0.4, 0.5) is 33.7 Å². The maximum absolute atomic E-state index is 13.8. The summed E-state index contributed by atoms with van der Waals surface area (Å²) in [7, 11) is 0. The van der Waals surface area contributed by atoms with E-state index in [9.17, 15) is 41.5 Å². The number of carbonyl (C=O) groups is 5. The summed E-state index contributed by atoms with van der Waals surface area (Å²) in [5, 5.41) is 5.66. The first-order valence-corrected chi connectivity index (χ1v) is 21.0. The standard InChI is InChI=1S/C47H50F4N4O9/c1-32(47(49,50)51)54(30-35-7-12-37(48)13-8-35)43(58)31-55-44(59)46(64-45(55)60)22-19-36-29-39(16-17-40(36)46)53-41(56)18-11-34-9-14-38(15-10-34)52-42(57)21-24-62-26-28-63-27-25-61-23-20-33-5-3-2-4-6-33/h2-10,12-17,29,32H,11,18-28,30-31H2,1H3,(H,52,57)(H,53,56)/t32-,46?/m0/s1. The summed E-state index contributed by atoms with van der Waals surface area (Å²) in [5.74, 6) is -3.14. The molecule has 2 N–H and O–H groups in total. The Morgan fingerprint density at radius 3 is 2.03 bits per heavy atom. The lowest BCUT2D eigenvalue weighted by Gasteiger charge is -2.31. The molecular formula is C47H50F4N4O9. The summed E-state index contributed by atoms with van der Waals surface area (Å²) >= 11 is 0. The van der Waals surface area contributed by atoms with Crippen molar-refractivity contribution in [3.8, 4) is 0 Å². The molecule has 1 spiro atoms. The fraction of sp³-hybridized carbons (Fsp3) is 0.383. The summed E-state index contributed by atoms with van der Waals surface area (Å²) in [6, 6.07) is 24.3. The van der Waals surface area contributed by atoms with Crippen LogP contribution in [-0.2, 0) is 69.5 Å². The Balaban J connectivity index is 0.901. The normalized spacial score (nSPS) is 16.1. The Hall–Kier alpha value is -6.17. The number of benzene rings is 4. The van der Waals surface area contributed by atoms with Gasteiger partial charge < -0.3 is 34.5 Å². The summed E-state index contributed by atoms with van der Waals surface area (Å²) < 4.78 is 77.0. The van der Waals surface area contributed by atoms with Gasteiger partial charge in [0.1, 0.15) is 18.4 Å². The predicted octanol–water partition coefficient (Wildman–Crippen LogP) is 7.12. The molecule has 4 aromatic rings. The maximum atomic E-state index is 13.8. The van der Waals surface area contributed by atoms with Crippen molar-refractivity contribution in [2.75, 3.05) is 56.8 Å². The molecule has 13 nitrogen and oxygen atoms in total. The Morgan fingerprint density at radius 2 is 1.34 bits per heavy atom. The molecule has 2 atom stereocenters. The Bertz CT molecular complexity index is 2240. The van der Waals surface area contributed by atoms with Gasteiger partial charge in [-0.2, -0.15) is 13.2 Å². The molecule has 0 radical (unpaired) electrons. The number of rotatable bonds is 22. The highest BCUT2D eigenvalue weighted by Gasteiger charge is 2.58. The van der Waals surface area contributed by atoms with E-state index >= 15 is 0 Å². The molecule has 1 unspecified atom stereocenters. The summed E-state index contributed by atoms with van der Waals surface area (Å²) in [4.78, 5) is 66.4. The number of nitrogens with one attached hydrogen (secondary N) is 2. The summed E-state index contributed by atoms with van der Waals surface area (Å²) in [6.07, 6.45) is -4.13. The molecule has 1 aliphatic carbocycles. The highest BCUT2D eigenvalue weighted by Crippen LogP contribution is 2.46. The molecular weight excluding hydrogens is 841 g/mol. The number of fused-ring (bicyclic) bond motifs is 2. The van der Waals surface area contributed by atoms with E-state index < -0.39 is 54.6 Å². The quantitative estimate of drug-likeness (QED) is 0.0621. The van der Waals surface area contributed by atoms with E-state index in [1.165, 1.54) is 17.7 Å². The number of imide groups is 1. The number of alkyl halides is 3. The SMILES string of the molecule is C[C@H](N(Cc1ccc(F)cc1)C(=O)CN1C(=O)OC2(CCc3cc(NC(=O)CCc4ccc(NC(=O)CCOCCOCCOCCc5ccccc5)cc4)ccc32)C1=O)C(F)(F)F. The van der Waals surface area contributed by atoms with E-state index in [-0.39, 0.29) is 49.7 Å². The van der Waals surface area contributed by atoms with Crippen LogP contribution in [0.25, 0.3) is 0 Å². The van der Waals surface area contributed by atoms with Gasteiger partial charge in [0.05, 0.1) is 46.1 Å². The van der Waals surface area contributed by atoms with E-state index in [0.717, 1.165) is 31.0 Å². The smallest absolute Gasteiger partial charge is 0.418 e. The number of anilines is 2. The molecule has 1 fully saturated rings. The van der Waals surface area contributed by atoms with Crippen molar-refractivity contribution in [3.63, 3.8) is 0 Å². The van der Waals surface area contributed by atoms with Crippen molar-refractivity contribution in [3.05, 3.63) is 131 Å². The minimum atomic E-state index is -4.83. The van der Waals surface area contributed by atoms with Crippen LogP contribution in [0, 0.1) is 5.82 Å². The minimum absolute atomic E-state index is 0.0279. The van der Waals surface area contributed by atoms with Gasteiger partial charge in [-0.1, -0.05) is 60.7 Å².